The molecule has 12 nitrogen and oxygen atoms in total. The van der Waals surface area contributed by atoms with Gasteiger partial charge in [-0.05, 0) is 128 Å². The first-order valence-electron chi connectivity index (χ1n) is 31.5. The van der Waals surface area contributed by atoms with Gasteiger partial charge in [0.1, 0.15) is 18.8 Å². The van der Waals surface area contributed by atoms with E-state index in [1.54, 1.807) is 0 Å². The molecule has 1 rings (SSSR count). The monoisotopic (exact) mass is 1130 g/mol. The van der Waals surface area contributed by atoms with Gasteiger partial charge in [-0.15, -0.1) is 0 Å². The molecule has 1 aliphatic rings. The van der Waals surface area contributed by atoms with Crippen molar-refractivity contribution in [1.82, 2.24) is 0 Å². The molecule has 3 N–H and O–H groups in total. The number of carboxylic acid groups (broad SMARTS) is 1. The standard InChI is InChI=1S/C69H110O12/c1-4-7-10-13-16-19-22-25-28-31-34-37-40-43-46-49-52-55-61(70)77-58-60(79-62(71)56-53-50-47-44-41-38-35-32-29-26-23-20-17-14-11-8-5-2)59-78-69-67(65(74)64(73)66(81-69)68(75)76)80-63(72)57-54-51-48-45-42-39-36-33-30-27-24-21-18-15-12-9-6-3/h7-8,10-11,16-21,25-30,34-35,37-38,60,64-67,69,73-74H,4-6,9,12-15,22-24,31-33,36,39-59H2,1-3H3,(H,75,76)/b10-7-,11-8-,19-16-,20-17-,21-18-,28-25-,29-26-,30-27-,37-34-,38-35-. The average molecular weight is 1130 g/mol. The van der Waals surface area contributed by atoms with Gasteiger partial charge in [-0.1, -0.05) is 213 Å². The van der Waals surface area contributed by atoms with Crippen molar-refractivity contribution in [1.29, 1.82) is 0 Å². The molecular formula is C69H110O12. The summed E-state index contributed by atoms with van der Waals surface area (Å²) in [7, 11) is 0. The molecule has 0 bridgehead atoms. The van der Waals surface area contributed by atoms with Crippen LogP contribution in [-0.2, 0) is 42.9 Å². The Bertz CT molecular complexity index is 1870. The molecule has 458 valence electrons. The number of carboxylic acids is 1. The molecule has 0 spiro atoms. The predicted molar refractivity (Wildman–Crippen MR) is 330 cm³/mol. The molecule has 81 heavy (non-hydrogen) atoms. The number of aliphatic hydroxyl groups excluding tert-OH is 2. The lowest BCUT2D eigenvalue weighted by molar-refractivity contribution is -0.301. The summed E-state index contributed by atoms with van der Waals surface area (Å²) in [5.41, 5.74) is 0. The molecule has 0 aromatic carbocycles. The number of aliphatic hydroxyl groups is 2. The number of unbranched alkanes of at least 4 members (excludes halogenated alkanes) is 18. The molecule has 0 aromatic heterocycles. The number of aliphatic carboxylic acids is 1. The third kappa shape index (κ3) is 45.3. The summed E-state index contributed by atoms with van der Waals surface area (Å²) >= 11 is 0. The van der Waals surface area contributed by atoms with Gasteiger partial charge in [0.15, 0.2) is 24.6 Å². The van der Waals surface area contributed by atoms with Crippen molar-refractivity contribution in [3.05, 3.63) is 122 Å². The Balaban J connectivity index is 2.72. The maximum Gasteiger partial charge on any atom is 0.335 e. The number of rotatable bonds is 52. The van der Waals surface area contributed by atoms with Gasteiger partial charge in [0.25, 0.3) is 0 Å². The number of hydrogen-bond donors (Lipinski definition) is 3. The summed E-state index contributed by atoms with van der Waals surface area (Å²) in [5, 5.41) is 31.6. The lowest BCUT2D eigenvalue weighted by Gasteiger charge is -2.40. The fourth-order valence-electron chi connectivity index (χ4n) is 8.73. The van der Waals surface area contributed by atoms with Gasteiger partial charge >= 0.3 is 23.9 Å². The van der Waals surface area contributed by atoms with Crippen LogP contribution < -0.4 is 0 Å². The minimum atomic E-state index is -1.92. The Morgan fingerprint density at radius 2 is 0.778 bits per heavy atom. The second-order valence-electron chi connectivity index (χ2n) is 20.9. The van der Waals surface area contributed by atoms with Crippen molar-refractivity contribution >= 4 is 23.9 Å². The van der Waals surface area contributed by atoms with E-state index in [1.165, 1.54) is 19.3 Å². The molecule has 0 saturated carbocycles. The quantitative estimate of drug-likeness (QED) is 0.0228. The molecule has 12 heteroatoms. The van der Waals surface area contributed by atoms with Crippen molar-refractivity contribution in [2.75, 3.05) is 13.2 Å². The molecular weight excluding hydrogens is 1020 g/mol. The van der Waals surface area contributed by atoms with Gasteiger partial charge in [0.2, 0.25) is 0 Å². The fourth-order valence-corrected chi connectivity index (χ4v) is 8.73. The maximum absolute atomic E-state index is 13.2. The number of allylic oxidation sites excluding steroid dienone is 20. The first kappa shape index (κ1) is 74.1. The van der Waals surface area contributed by atoms with Crippen molar-refractivity contribution in [2.45, 2.75) is 276 Å². The highest BCUT2D eigenvalue weighted by Crippen LogP contribution is 2.26. The molecule has 6 atom stereocenters. The Hall–Kier alpha value is -4.88. The highest BCUT2D eigenvalue weighted by atomic mass is 16.7. The lowest BCUT2D eigenvalue weighted by atomic mass is 9.98. The number of ether oxygens (including phenoxy) is 5. The highest BCUT2D eigenvalue weighted by Gasteiger charge is 2.50. The second kappa shape index (κ2) is 55.6. The van der Waals surface area contributed by atoms with Gasteiger partial charge in [-0.2, -0.15) is 0 Å². The second-order valence-corrected chi connectivity index (χ2v) is 20.9. The molecule has 1 fully saturated rings. The van der Waals surface area contributed by atoms with E-state index in [0.29, 0.717) is 19.3 Å². The Morgan fingerprint density at radius 1 is 0.420 bits per heavy atom. The Morgan fingerprint density at radius 3 is 1.19 bits per heavy atom. The van der Waals surface area contributed by atoms with Crippen molar-refractivity contribution in [2.24, 2.45) is 0 Å². The topological polar surface area (TPSA) is 175 Å². The van der Waals surface area contributed by atoms with E-state index in [4.69, 9.17) is 23.7 Å². The zero-order chi connectivity index (χ0) is 58.9. The first-order chi connectivity index (χ1) is 39.6. The normalized spacial score (nSPS) is 18.6. The van der Waals surface area contributed by atoms with Crippen molar-refractivity contribution in [3.8, 4) is 0 Å². The fraction of sp³-hybridized carbons (Fsp3) is 0.652. The molecule has 0 aromatic rings. The summed E-state index contributed by atoms with van der Waals surface area (Å²) in [6, 6.07) is 0. The molecule has 1 aliphatic heterocycles. The Labute approximate surface area is 490 Å². The summed E-state index contributed by atoms with van der Waals surface area (Å²) in [6.45, 7) is 5.70. The van der Waals surface area contributed by atoms with E-state index in [2.05, 4.69) is 142 Å². The van der Waals surface area contributed by atoms with Gasteiger partial charge in [0, 0.05) is 19.3 Å². The molecule has 1 saturated heterocycles. The smallest absolute Gasteiger partial charge is 0.335 e. The van der Waals surface area contributed by atoms with Gasteiger partial charge in [0.05, 0.1) is 6.61 Å². The number of carbonyl (C=O) groups excluding carboxylic acids is 3. The molecule has 6 unspecified atom stereocenters. The van der Waals surface area contributed by atoms with Crippen LogP contribution in [0.1, 0.15) is 239 Å². The van der Waals surface area contributed by atoms with E-state index in [1.807, 2.05) is 0 Å². The molecule has 0 amide bonds. The molecule has 1 heterocycles. The van der Waals surface area contributed by atoms with Crippen LogP contribution in [-0.4, -0.2) is 89.2 Å². The van der Waals surface area contributed by atoms with Crippen molar-refractivity contribution < 1.29 is 58.2 Å². The van der Waals surface area contributed by atoms with Crippen LogP contribution in [0.4, 0.5) is 0 Å². The first-order valence-corrected chi connectivity index (χ1v) is 31.5. The van der Waals surface area contributed by atoms with E-state index in [9.17, 15) is 34.5 Å². The van der Waals surface area contributed by atoms with Crippen LogP contribution in [0.25, 0.3) is 0 Å². The van der Waals surface area contributed by atoms with Crippen LogP contribution in [0, 0.1) is 0 Å². The van der Waals surface area contributed by atoms with Crippen molar-refractivity contribution in [3.63, 3.8) is 0 Å². The van der Waals surface area contributed by atoms with Crippen LogP contribution in [0.5, 0.6) is 0 Å². The van der Waals surface area contributed by atoms with E-state index in [-0.39, 0.29) is 25.9 Å². The zero-order valence-electron chi connectivity index (χ0n) is 50.5. The summed E-state index contributed by atoms with van der Waals surface area (Å²) in [5.74, 6) is -3.21. The largest absolute Gasteiger partial charge is 0.479 e. The van der Waals surface area contributed by atoms with Crippen LogP contribution >= 0.6 is 0 Å². The van der Waals surface area contributed by atoms with Gasteiger partial charge < -0.3 is 39.0 Å². The minimum Gasteiger partial charge on any atom is -0.479 e. The van der Waals surface area contributed by atoms with Crippen LogP contribution in [0.3, 0.4) is 0 Å². The summed E-state index contributed by atoms with van der Waals surface area (Å²) in [4.78, 5) is 51.3. The number of hydrogen-bond acceptors (Lipinski definition) is 11. The maximum atomic E-state index is 13.2. The summed E-state index contributed by atoms with van der Waals surface area (Å²) in [6.07, 6.45) is 64.3. The predicted octanol–water partition coefficient (Wildman–Crippen LogP) is 16.8. The average Bonchev–Trinajstić information content (AvgIpc) is 3.53. The van der Waals surface area contributed by atoms with Gasteiger partial charge in [-0.25, -0.2) is 4.79 Å². The summed E-state index contributed by atoms with van der Waals surface area (Å²) < 4.78 is 28.5. The van der Waals surface area contributed by atoms with E-state index < -0.39 is 67.3 Å². The van der Waals surface area contributed by atoms with E-state index >= 15 is 0 Å². The SMILES string of the molecule is CC/C=C\C/C=C\C/C=C\C/C=C\CCCCCCC(=O)OCC(COC1OC(C(=O)O)C(O)C(O)C1OC(=O)CCCCCCCCC/C=C\C/C=C\CCCCC)OC(=O)CCCCCC/C=C\C/C=C\C/C=C\C/C=C\CC. The van der Waals surface area contributed by atoms with E-state index in [0.717, 1.165) is 161 Å². The third-order valence-electron chi connectivity index (χ3n) is 13.5. The Kier molecular flexibility index (Phi) is 50.9. The lowest BCUT2D eigenvalue weighted by Crippen LogP contribution is -2.61. The molecule has 0 aliphatic carbocycles. The number of carbonyl (C=O) groups is 4. The van der Waals surface area contributed by atoms with Crippen LogP contribution in [0.2, 0.25) is 0 Å². The highest BCUT2D eigenvalue weighted by molar-refractivity contribution is 5.74. The zero-order valence-corrected chi connectivity index (χ0v) is 50.5. The third-order valence-corrected chi connectivity index (χ3v) is 13.5. The van der Waals surface area contributed by atoms with Gasteiger partial charge in [-0.3, -0.25) is 14.4 Å². The molecule has 0 radical (unpaired) electrons. The van der Waals surface area contributed by atoms with Crippen LogP contribution in [0.15, 0.2) is 122 Å². The number of esters is 3. The minimum absolute atomic E-state index is 0.0398.